The van der Waals surface area contributed by atoms with E-state index >= 15 is 0 Å². The third-order valence-corrected chi connectivity index (χ3v) is 3.80. The lowest BCUT2D eigenvalue weighted by Crippen LogP contribution is -2.29. The van der Waals surface area contributed by atoms with Crippen molar-refractivity contribution < 1.29 is 33.3 Å². The van der Waals surface area contributed by atoms with Gasteiger partial charge in [0.15, 0.2) is 17.6 Å². The summed E-state index contributed by atoms with van der Waals surface area (Å²) in [6.45, 7) is 6.16. The molecule has 0 fully saturated rings. The zero-order chi connectivity index (χ0) is 19.1. The molecule has 0 N–H and O–H groups in total. The number of hydrogen-bond acceptors (Lipinski definition) is 7. The highest BCUT2D eigenvalue weighted by atomic mass is 79.9. The van der Waals surface area contributed by atoms with Gasteiger partial charge < -0.3 is 18.9 Å². The van der Waals surface area contributed by atoms with E-state index in [1.165, 1.54) is 28.1 Å². The molecule has 1 unspecified atom stereocenters. The van der Waals surface area contributed by atoms with Gasteiger partial charge in [0.2, 0.25) is 0 Å². The normalized spacial score (nSPS) is 11.2. The summed E-state index contributed by atoms with van der Waals surface area (Å²) in [4.78, 5) is 35.1. The van der Waals surface area contributed by atoms with Crippen molar-refractivity contribution in [2.24, 2.45) is 0 Å². The first kappa shape index (κ1) is 20.7. The number of carbonyl (C=O) groups is 3. The first-order valence-electron chi connectivity index (χ1n) is 7.21. The molecule has 0 aliphatic heterocycles. The summed E-state index contributed by atoms with van der Waals surface area (Å²) >= 11 is 3.32. The number of carbonyl (C=O) groups excluding carboxylic acids is 3. The fourth-order valence-corrected chi connectivity index (χ4v) is 2.19. The molecule has 1 rings (SSSR count). The SMILES string of the molecule is C=C(C)C(=O)OC(C)C(=O)OC(=O)Cc1cc(OC)c(OC)cc1Br. The maximum Gasteiger partial charge on any atom is 0.354 e. The lowest BCUT2D eigenvalue weighted by Gasteiger charge is -2.13. The molecular formula is C17H19BrO7. The maximum absolute atomic E-state index is 12.0. The first-order valence-corrected chi connectivity index (χ1v) is 8.00. The summed E-state index contributed by atoms with van der Waals surface area (Å²) in [5.41, 5.74) is 0.683. The van der Waals surface area contributed by atoms with Gasteiger partial charge in [-0.2, -0.15) is 0 Å². The highest BCUT2D eigenvalue weighted by Gasteiger charge is 2.23. The quantitative estimate of drug-likeness (QED) is 0.384. The van der Waals surface area contributed by atoms with Crippen LogP contribution in [0.5, 0.6) is 11.5 Å². The van der Waals surface area contributed by atoms with Gasteiger partial charge in [-0.25, -0.2) is 9.59 Å². The number of methoxy groups -OCH3 is 2. The van der Waals surface area contributed by atoms with E-state index in [9.17, 15) is 14.4 Å². The summed E-state index contributed by atoms with van der Waals surface area (Å²) in [6, 6.07) is 3.24. The Hall–Kier alpha value is -2.35. The highest BCUT2D eigenvalue weighted by Crippen LogP contribution is 2.33. The maximum atomic E-state index is 12.0. The fourth-order valence-electron chi connectivity index (χ4n) is 1.73. The minimum Gasteiger partial charge on any atom is -0.493 e. The molecule has 0 aliphatic carbocycles. The molecule has 25 heavy (non-hydrogen) atoms. The number of rotatable bonds is 7. The van der Waals surface area contributed by atoms with Crippen molar-refractivity contribution in [3.05, 3.63) is 34.3 Å². The minimum absolute atomic E-state index is 0.139. The van der Waals surface area contributed by atoms with E-state index in [0.717, 1.165) is 0 Å². The molecule has 0 amide bonds. The number of ether oxygens (including phenoxy) is 4. The van der Waals surface area contributed by atoms with Gasteiger partial charge in [-0.1, -0.05) is 22.5 Å². The van der Waals surface area contributed by atoms with Crippen LogP contribution in [0, 0.1) is 0 Å². The van der Waals surface area contributed by atoms with E-state index < -0.39 is 24.0 Å². The Morgan fingerprint density at radius 3 is 2.24 bits per heavy atom. The van der Waals surface area contributed by atoms with Crippen LogP contribution >= 0.6 is 15.9 Å². The van der Waals surface area contributed by atoms with E-state index in [1.54, 1.807) is 12.1 Å². The van der Waals surface area contributed by atoms with Crippen LogP contribution in [-0.2, 0) is 30.3 Å². The number of hydrogen-bond donors (Lipinski definition) is 0. The van der Waals surface area contributed by atoms with Gasteiger partial charge in [-0.3, -0.25) is 4.79 Å². The van der Waals surface area contributed by atoms with Crippen molar-refractivity contribution in [1.82, 2.24) is 0 Å². The average molecular weight is 415 g/mol. The smallest absolute Gasteiger partial charge is 0.354 e. The van der Waals surface area contributed by atoms with Crippen LogP contribution in [0.15, 0.2) is 28.8 Å². The second-order valence-corrected chi connectivity index (χ2v) is 5.95. The molecule has 8 heteroatoms. The van der Waals surface area contributed by atoms with Crippen LogP contribution in [0.25, 0.3) is 0 Å². The molecular weight excluding hydrogens is 396 g/mol. The van der Waals surface area contributed by atoms with Crippen molar-refractivity contribution >= 4 is 33.8 Å². The molecule has 0 saturated heterocycles. The number of halogens is 1. The summed E-state index contributed by atoms with van der Waals surface area (Å²) in [7, 11) is 2.96. The van der Waals surface area contributed by atoms with Crippen molar-refractivity contribution in [3.63, 3.8) is 0 Å². The molecule has 1 aromatic carbocycles. The van der Waals surface area contributed by atoms with Crippen LogP contribution in [0.1, 0.15) is 19.4 Å². The summed E-state index contributed by atoms with van der Waals surface area (Å²) in [6.07, 6.45) is -1.41. The van der Waals surface area contributed by atoms with Crippen LogP contribution in [0.4, 0.5) is 0 Å². The van der Waals surface area contributed by atoms with Gasteiger partial charge in [-0.15, -0.1) is 0 Å². The van der Waals surface area contributed by atoms with Crippen molar-refractivity contribution in [2.45, 2.75) is 26.4 Å². The Morgan fingerprint density at radius 2 is 1.72 bits per heavy atom. The lowest BCUT2D eigenvalue weighted by atomic mass is 10.1. The highest BCUT2D eigenvalue weighted by molar-refractivity contribution is 9.10. The molecule has 7 nitrogen and oxygen atoms in total. The second kappa shape index (κ2) is 9.22. The fraction of sp³-hybridized carbons (Fsp3) is 0.353. The standard InChI is InChI=1S/C17H19BrO7/c1-9(2)16(20)24-10(3)17(21)25-15(19)7-11-6-13(22-4)14(23-5)8-12(11)18/h6,8,10H,1,7H2,2-5H3. The van der Waals surface area contributed by atoms with E-state index in [4.69, 9.17) is 18.9 Å². The van der Waals surface area contributed by atoms with Gasteiger partial charge in [-0.05, 0) is 31.5 Å². The average Bonchev–Trinajstić information content (AvgIpc) is 2.55. The Bertz CT molecular complexity index is 696. The van der Waals surface area contributed by atoms with Gasteiger partial charge in [0.25, 0.3) is 0 Å². The third-order valence-electron chi connectivity index (χ3n) is 3.07. The Balaban J connectivity index is 2.75. The van der Waals surface area contributed by atoms with Gasteiger partial charge >= 0.3 is 17.9 Å². The second-order valence-electron chi connectivity index (χ2n) is 5.10. The van der Waals surface area contributed by atoms with Gasteiger partial charge in [0.05, 0.1) is 20.6 Å². The predicted octanol–water partition coefficient (Wildman–Crippen LogP) is 2.59. The number of esters is 3. The molecule has 0 heterocycles. The zero-order valence-electron chi connectivity index (χ0n) is 14.4. The molecule has 0 radical (unpaired) electrons. The van der Waals surface area contributed by atoms with Crippen molar-refractivity contribution in [2.75, 3.05) is 14.2 Å². The largest absolute Gasteiger partial charge is 0.493 e. The first-order chi connectivity index (χ1) is 11.7. The third kappa shape index (κ3) is 5.90. The molecule has 0 spiro atoms. The van der Waals surface area contributed by atoms with Gasteiger partial charge in [0.1, 0.15) is 0 Å². The predicted molar refractivity (Wildman–Crippen MR) is 92.4 cm³/mol. The van der Waals surface area contributed by atoms with Gasteiger partial charge in [0, 0.05) is 10.0 Å². The van der Waals surface area contributed by atoms with Crippen LogP contribution in [-0.4, -0.2) is 38.2 Å². The van der Waals surface area contributed by atoms with Crippen molar-refractivity contribution in [1.29, 1.82) is 0 Å². The Morgan fingerprint density at radius 1 is 1.16 bits per heavy atom. The van der Waals surface area contributed by atoms with Crippen LogP contribution < -0.4 is 9.47 Å². The van der Waals surface area contributed by atoms with E-state index in [1.807, 2.05) is 0 Å². The van der Waals surface area contributed by atoms with Crippen LogP contribution in [0.2, 0.25) is 0 Å². The topological polar surface area (TPSA) is 88.1 Å². The van der Waals surface area contributed by atoms with E-state index in [-0.39, 0.29) is 12.0 Å². The Kier molecular flexibility index (Phi) is 7.63. The molecule has 0 bridgehead atoms. The number of benzene rings is 1. The van der Waals surface area contributed by atoms with Crippen LogP contribution in [0.3, 0.4) is 0 Å². The summed E-state index contributed by atoms with van der Waals surface area (Å²) in [5.74, 6) is -1.57. The molecule has 136 valence electrons. The van der Waals surface area contributed by atoms with E-state index in [2.05, 4.69) is 22.5 Å². The molecule has 0 aromatic heterocycles. The Labute approximate surface area is 154 Å². The molecule has 0 saturated carbocycles. The van der Waals surface area contributed by atoms with Crippen molar-refractivity contribution in [3.8, 4) is 11.5 Å². The lowest BCUT2D eigenvalue weighted by molar-refractivity contribution is -0.171. The summed E-state index contributed by atoms with van der Waals surface area (Å²) in [5, 5.41) is 0. The summed E-state index contributed by atoms with van der Waals surface area (Å²) < 4.78 is 20.4. The molecule has 0 aliphatic rings. The molecule has 1 aromatic rings. The zero-order valence-corrected chi connectivity index (χ0v) is 16.0. The van der Waals surface area contributed by atoms with E-state index in [0.29, 0.717) is 21.5 Å². The monoisotopic (exact) mass is 414 g/mol. The minimum atomic E-state index is -1.22. The molecule has 1 atom stereocenters.